The third-order valence-corrected chi connectivity index (χ3v) is 3.88. The molecule has 0 atom stereocenters. The molecule has 7 nitrogen and oxygen atoms in total. The number of hydrogen-bond donors (Lipinski definition) is 1. The average molecular weight is 350 g/mol. The van der Waals surface area contributed by atoms with Crippen LogP contribution in [0.1, 0.15) is 5.56 Å². The molecule has 0 saturated carbocycles. The van der Waals surface area contributed by atoms with Crippen LogP contribution in [0.4, 0.5) is 17.1 Å². The lowest BCUT2D eigenvalue weighted by atomic mass is 10.1. The third kappa shape index (κ3) is 4.31. The van der Waals surface area contributed by atoms with E-state index in [1.807, 2.05) is 31.3 Å². The normalized spacial score (nSPS) is 11.2. The van der Waals surface area contributed by atoms with Gasteiger partial charge in [-0.3, -0.25) is 5.01 Å². The minimum atomic E-state index is 0.593. The Labute approximate surface area is 152 Å². The lowest BCUT2D eigenvalue weighted by Gasteiger charge is -2.14. The van der Waals surface area contributed by atoms with Crippen LogP contribution < -0.4 is 5.32 Å². The van der Waals surface area contributed by atoms with Crippen LogP contribution in [0, 0.1) is 6.92 Å². The number of likely N-dealkylation sites (N-methyl/N-ethyl adjacent to an activating group) is 1. The van der Waals surface area contributed by atoms with E-state index in [9.17, 15) is 0 Å². The molecule has 1 N–H and O–H groups in total. The molecule has 0 amide bonds. The van der Waals surface area contributed by atoms with Crippen molar-refractivity contribution < 1.29 is 4.74 Å². The average Bonchev–Trinajstić information content (AvgIpc) is 2.65. The second kappa shape index (κ2) is 8.35. The number of nitrogens with zero attached hydrogens (tertiary/aromatic N) is 5. The van der Waals surface area contributed by atoms with E-state index in [0.717, 1.165) is 28.0 Å². The molecule has 0 aliphatic rings. The van der Waals surface area contributed by atoms with Gasteiger partial charge in [0.2, 0.25) is 0 Å². The first kappa shape index (κ1) is 17.8. The zero-order valence-corrected chi connectivity index (χ0v) is 15.2. The lowest BCUT2D eigenvalue weighted by molar-refractivity contribution is 0.159. The Bertz CT molecular complexity index is 911. The highest BCUT2D eigenvalue weighted by Gasteiger charge is 2.10. The molecular formula is C19H22N6O. The number of rotatable bonds is 7. The molecule has 7 heteroatoms. The summed E-state index contributed by atoms with van der Waals surface area (Å²) in [7, 11) is 3.53. The summed E-state index contributed by atoms with van der Waals surface area (Å²) >= 11 is 0. The van der Waals surface area contributed by atoms with E-state index in [2.05, 4.69) is 44.7 Å². The van der Waals surface area contributed by atoms with Crippen molar-refractivity contribution in [3.8, 4) is 0 Å². The predicted molar refractivity (Wildman–Crippen MR) is 103 cm³/mol. The molecular weight excluding hydrogens is 328 g/mol. The molecule has 1 aromatic heterocycles. The van der Waals surface area contributed by atoms with Crippen molar-refractivity contribution in [1.29, 1.82) is 0 Å². The van der Waals surface area contributed by atoms with Gasteiger partial charge in [-0.1, -0.05) is 17.4 Å². The van der Waals surface area contributed by atoms with Crippen molar-refractivity contribution in [3.05, 3.63) is 54.5 Å². The fourth-order valence-electron chi connectivity index (χ4n) is 2.52. The first-order chi connectivity index (χ1) is 12.7. The summed E-state index contributed by atoms with van der Waals surface area (Å²) in [6.45, 7) is 3.32. The molecule has 2 aromatic carbocycles. The minimum absolute atomic E-state index is 0.593. The fourth-order valence-corrected chi connectivity index (χ4v) is 2.52. The zero-order valence-electron chi connectivity index (χ0n) is 15.2. The number of nitrogens with one attached hydrogen (secondary N) is 1. The van der Waals surface area contributed by atoms with Gasteiger partial charge in [0.25, 0.3) is 0 Å². The largest absolute Gasteiger partial charge is 0.383 e. The molecule has 0 saturated heterocycles. The van der Waals surface area contributed by atoms with Crippen LogP contribution in [0.2, 0.25) is 0 Å². The van der Waals surface area contributed by atoms with Crippen LogP contribution in [-0.4, -0.2) is 42.3 Å². The number of aromatic nitrogens is 2. The Morgan fingerprint density at radius 1 is 1.23 bits per heavy atom. The van der Waals surface area contributed by atoms with Gasteiger partial charge in [0.1, 0.15) is 12.0 Å². The Hall–Kier alpha value is -3.06. The number of methoxy groups -OCH3 is 1. The number of fused-ring (bicyclic) bond motifs is 1. The highest BCUT2D eigenvalue weighted by Crippen LogP contribution is 2.35. The van der Waals surface area contributed by atoms with Crippen LogP contribution in [-0.2, 0) is 4.74 Å². The van der Waals surface area contributed by atoms with Gasteiger partial charge in [0.15, 0.2) is 0 Å². The van der Waals surface area contributed by atoms with Crippen LogP contribution in [0.15, 0.2) is 59.3 Å². The number of aryl methyl sites for hydroxylation is 1. The number of benzene rings is 2. The molecule has 3 aromatic rings. The van der Waals surface area contributed by atoms with Crippen LogP contribution in [0.5, 0.6) is 0 Å². The molecule has 0 spiro atoms. The van der Waals surface area contributed by atoms with Crippen LogP contribution in [0.25, 0.3) is 10.9 Å². The Kier molecular flexibility index (Phi) is 5.70. The van der Waals surface area contributed by atoms with Crippen molar-refractivity contribution in [1.82, 2.24) is 15.0 Å². The molecule has 0 fully saturated rings. The maximum atomic E-state index is 5.06. The molecule has 134 valence electrons. The zero-order chi connectivity index (χ0) is 18.4. The second-order valence-electron chi connectivity index (χ2n) is 5.97. The van der Waals surface area contributed by atoms with Gasteiger partial charge < -0.3 is 10.1 Å². The Balaban J connectivity index is 1.98. The van der Waals surface area contributed by atoms with Crippen molar-refractivity contribution >= 4 is 28.0 Å². The number of ether oxygens (including phenoxy) is 1. The van der Waals surface area contributed by atoms with Gasteiger partial charge in [0.05, 0.1) is 24.4 Å². The first-order valence-electron chi connectivity index (χ1n) is 8.35. The molecule has 3 rings (SSSR count). The Morgan fingerprint density at radius 3 is 2.92 bits per heavy atom. The van der Waals surface area contributed by atoms with Crippen molar-refractivity contribution in [2.45, 2.75) is 6.92 Å². The maximum absolute atomic E-state index is 5.06. The predicted octanol–water partition coefficient (Wildman–Crippen LogP) is 4.26. The van der Waals surface area contributed by atoms with E-state index >= 15 is 0 Å². The molecule has 26 heavy (non-hydrogen) atoms. The van der Waals surface area contributed by atoms with E-state index < -0.39 is 0 Å². The highest BCUT2D eigenvalue weighted by atomic mass is 16.5. The number of anilines is 2. The van der Waals surface area contributed by atoms with E-state index in [4.69, 9.17) is 4.74 Å². The van der Waals surface area contributed by atoms with Gasteiger partial charge in [0, 0.05) is 31.4 Å². The van der Waals surface area contributed by atoms with Crippen molar-refractivity contribution in [3.63, 3.8) is 0 Å². The topological polar surface area (TPSA) is 75.0 Å². The highest BCUT2D eigenvalue weighted by molar-refractivity contribution is 5.98. The minimum Gasteiger partial charge on any atom is -0.383 e. The number of hydrogen-bond acceptors (Lipinski definition) is 6. The second-order valence-corrected chi connectivity index (χ2v) is 5.97. The SMILES string of the molecule is COCCN(C)N=Nc1ccc2ncncc2c1Nc1cccc(C)c1. The third-order valence-electron chi connectivity index (χ3n) is 3.88. The van der Waals surface area contributed by atoms with Gasteiger partial charge in [-0.15, -0.1) is 5.11 Å². The summed E-state index contributed by atoms with van der Waals surface area (Å²) in [5, 5.41) is 14.7. The summed E-state index contributed by atoms with van der Waals surface area (Å²) in [6, 6.07) is 12.0. The fraction of sp³-hybridized carbons (Fsp3) is 0.263. The molecule has 0 radical (unpaired) electrons. The van der Waals surface area contributed by atoms with E-state index in [1.54, 1.807) is 24.6 Å². The van der Waals surface area contributed by atoms with Crippen molar-refractivity contribution in [2.75, 3.05) is 32.6 Å². The summed E-state index contributed by atoms with van der Waals surface area (Å²) in [5.74, 6) is 0. The molecule has 0 unspecified atom stereocenters. The van der Waals surface area contributed by atoms with Gasteiger partial charge >= 0.3 is 0 Å². The lowest BCUT2D eigenvalue weighted by Crippen LogP contribution is -2.15. The molecule has 0 bridgehead atoms. The van der Waals surface area contributed by atoms with Gasteiger partial charge in [-0.2, -0.15) is 0 Å². The summed E-state index contributed by atoms with van der Waals surface area (Å²) in [5.41, 5.74) is 4.55. The van der Waals surface area contributed by atoms with E-state index in [-0.39, 0.29) is 0 Å². The first-order valence-corrected chi connectivity index (χ1v) is 8.35. The maximum Gasteiger partial charge on any atom is 0.116 e. The van der Waals surface area contributed by atoms with Crippen LogP contribution in [0.3, 0.4) is 0 Å². The summed E-state index contributed by atoms with van der Waals surface area (Å²) < 4.78 is 5.06. The summed E-state index contributed by atoms with van der Waals surface area (Å²) in [4.78, 5) is 8.49. The van der Waals surface area contributed by atoms with E-state index in [0.29, 0.717) is 13.2 Å². The summed E-state index contributed by atoms with van der Waals surface area (Å²) in [6.07, 6.45) is 3.33. The smallest absolute Gasteiger partial charge is 0.116 e. The van der Waals surface area contributed by atoms with Gasteiger partial charge in [-0.05, 0) is 36.8 Å². The van der Waals surface area contributed by atoms with Crippen LogP contribution >= 0.6 is 0 Å². The van der Waals surface area contributed by atoms with Gasteiger partial charge in [-0.25, -0.2) is 9.97 Å². The standard InChI is InChI=1S/C19H22N6O/c1-14-5-4-6-15(11-14)22-19-16-12-20-13-21-17(16)7-8-18(19)23-24-25(2)9-10-26-3/h4-8,11-13,22H,9-10H2,1-3H3. The molecule has 0 aliphatic carbocycles. The van der Waals surface area contributed by atoms with Crippen molar-refractivity contribution in [2.24, 2.45) is 10.3 Å². The quantitative estimate of drug-likeness (QED) is 0.509. The molecule has 0 aliphatic heterocycles. The van der Waals surface area contributed by atoms with E-state index in [1.165, 1.54) is 5.56 Å². The Morgan fingerprint density at radius 2 is 2.12 bits per heavy atom. The monoisotopic (exact) mass is 350 g/mol. The molecule has 1 heterocycles.